The van der Waals surface area contributed by atoms with Crippen molar-refractivity contribution >= 4 is 28.5 Å². The van der Waals surface area contributed by atoms with E-state index < -0.39 is 18.0 Å². The van der Waals surface area contributed by atoms with Crippen molar-refractivity contribution in [3.63, 3.8) is 0 Å². The predicted molar refractivity (Wildman–Crippen MR) is 136 cm³/mol. The molecule has 2 aromatic carbocycles. The fourth-order valence-electron chi connectivity index (χ4n) is 4.75. The molecule has 0 aliphatic carbocycles. The third-order valence-electron chi connectivity index (χ3n) is 6.67. The van der Waals surface area contributed by atoms with E-state index in [4.69, 9.17) is 16.3 Å². The Kier molecular flexibility index (Phi) is 8.25. The molecule has 182 valence electrons. The van der Waals surface area contributed by atoms with E-state index in [1.807, 2.05) is 42.5 Å². The molecule has 0 spiro atoms. The van der Waals surface area contributed by atoms with Crippen LogP contribution in [0.5, 0.6) is 5.75 Å². The molecule has 3 aromatic rings. The number of aliphatic hydroxyl groups is 1. The Bertz CT molecular complexity index is 1250. The molecule has 0 radical (unpaired) electrons. The summed E-state index contributed by atoms with van der Waals surface area (Å²) in [5.74, 6) is 5.66. The summed E-state index contributed by atoms with van der Waals surface area (Å²) in [5.41, 5.74) is 2.42. The van der Waals surface area contributed by atoms with E-state index in [0.717, 1.165) is 35.0 Å². The number of carboxylic acids is 1. The zero-order valence-corrected chi connectivity index (χ0v) is 20.4. The van der Waals surface area contributed by atoms with Gasteiger partial charge in [0.2, 0.25) is 0 Å². The van der Waals surface area contributed by atoms with Crippen LogP contribution in [0, 0.1) is 23.7 Å². The lowest BCUT2D eigenvalue weighted by Crippen LogP contribution is -2.44. The number of ether oxygens (including phenoxy) is 1. The Morgan fingerprint density at radius 1 is 1.29 bits per heavy atom. The molecule has 1 fully saturated rings. The number of fused-ring (bicyclic) bond motifs is 1. The number of aliphatic hydroxyl groups excluding tert-OH is 1. The number of aliphatic carboxylic acids is 1. The average molecular weight is 493 g/mol. The predicted octanol–water partition coefficient (Wildman–Crippen LogP) is 4.78. The number of benzene rings is 2. The molecule has 4 rings (SSSR count). The molecule has 6 nitrogen and oxygen atoms in total. The van der Waals surface area contributed by atoms with Gasteiger partial charge in [-0.1, -0.05) is 29.5 Å². The van der Waals surface area contributed by atoms with Crippen molar-refractivity contribution in [2.24, 2.45) is 11.8 Å². The van der Waals surface area contributed by atoms with Gasteiger partial charge in [0.25, 0.3) is 0 Å². The van der Waals surface area contributed by atoms with Gasteiger partial charge in [-0.3, -0.25) is 14.7 Å². The van der Waals surface area contributed by atoms with E-state index in [2.05, 4.69) is 21.7 Å². The van der Waals surface area contributed by atoms with Gasteiger partial charge in [-0.25, -0.2) is 0 Å². The standard InChI is InChI=1S/C28H29ClN2O4/c1-35-22-8-9-26-24(17-22)23(11-13-30-26)27(32)10-7-20-12-15-31(18-25(20)28(33)34)14-3-5-19-4-2-6-21(29)16-19/h2,4,6,8-9,11,13,16-17,20,25,27,32H,7,10,12,14-15,18H2,1H3,(H,33,34)/t20-,25+,27+/m1/s1. The molecule has 1 saturated heterocycles. The molecule has 1 aliphatic heterocycles. The maximum atomic E-state index is 12.0. The number of aromatic nitrogens is 1. The van der Waals surface area contributed by atoms with Gasteiger partial charge >= 0.3 is 5.97 Å². The number of hydrogen-bond acceptors (Lipinski definition) is 5. The summed E-state index contributed by atoms with van der Waals surface area (Å²) in [6.45, 7) is 1.75. The monoisotopic (exact) mass is 492 g/mol. The van der Waals surface area contributed by atoms with Crippen LogP contribution in [0.2, 0.25) is 5.02 Å². The SMILES string of the molecule is COc1ccc2nccc([C@@H](O)CC[C@@H]3CCN(CC#Cc4cccc(Cl)c4)C[C@@H]3C(=O)O)c2c1. The summed E-state index contributed by atoms with van der Waals surface area (Å²) in [6, 6.07) is 14.8. The lowest BCUT2D eigenvalue weighted by molar-refractivity contribution is -0.146. The smallest absolute Gasteiger partial charge is 0.308 e. The van der Waals surface area contributed by atoms with Gasteiger partial charge in [0, 0.05) is 28.7 Å². The number of rotatable bonds is 7. The van der Waals surface area contributed by atoms with Crippen molar-refractivity contribution in [1.29, 1.82) is 0 Å². The Hall–Kier alpha value is -3.11. The Balaban J connectivity index is 1.38. The number of nitrogens with zero attached hydrogens (tertiary/aromatic N) is 2. The summed E-state index contributed by atoms with van der Waals surface area (Å²) in [7, 11) is 1.61. The topological polar surface area (TPSA) is 82.9 Å². The van der Waals surface area contributed by atoms with E-state index in [1.165, 1.54) is 0 Å². The number of carbonyl (C=O) groups is 1. The lowest BCUT2D eigenvalue weighted by Gasteiger charge is -2.36. The minimum atomic E-state index is -0.795. The van der Waals surface area contributed by atoms with Crippen molar-refractivity contribution < 1.29 is 19.7 Å². The van der Waals surface area contributed by atoms with Crippen LogP contribution in [0.1, 0.15) is 36.5 Å². The summed E-state index contributed by atoms with van der Waals surface area (Å²) >= 11 is 6.01. The van der Waals surface area contributed by atoms with Crippen molar-refractivity contribution in [2.75, 3.05) is 26.7 Å². The molecule has 2 N–H and O–H groups in total. The van der Waals surface area contributed by atoms with Crippen LogP contribution in [0.25, 0.3) is 10.9 Å². The summed E-state index contributed by atoms with van der Waals surface area (Å²) in [5, 5.41) is 22.4. The molecule has 35 heavy (non-hydrogen) atoms. The van der Waals surface area contributed by atoms with Gasteiger partial charge in [0.1, 0.15) is 5.75 Å². The third-order valence-corrected chi connectivity index (χ3v) is 6.90. The van der Waals surface area contributed by atoms with E-state index in [-0.39, 0.29) is 5.92 Å². The summed E-state index contributed by atoms with van der Waals surface area (Å²) in [6.07, 6.45) is 2.86. The zero-order chi connectivity index (χ0) is 24.8. The number of halogens is 1. The van der Waals surface area contributed by atoms with E-state index in [0.29, 0.717) is 36.7 Å². The van der Waals surface area contributed by atoms with Crippen LogP contribution >= 0.6 is 11.6 Å². The number of methoxy groups -OCH3 is 1. The van der Waals surface area contributed by atoms with Crippen LogP contribution in [0.15, 0.2) is 54.7 Å². The van der Waals surface area contributed by atoms with Crippen LogP contribution in [0.3, 0.4) is 0 Å². The second-order valence-corrected chi connectivity index (χ2v) is 9.35. The first-order chi connectivity index (χ1) is 16.9. The molecule has 0 saturated carbocycles. The molecular formula is C28H29ClN2O4. The van der Waals surface area contributed by atoms with Gasteiger partial charge < -0.3 is 14.9 Å². The normalized spacial score (nSPS) is 19.1. The average Bonchev–Trinajstić information content (AvgIpc) is 2.87. The van der Waals surface area contributed by atoms with Crippen LogP contribution in [-0.4, -0.2) is 52.8 Å². The highest BCUT2D eigenvalue weighted by Gasteiger charge is 2.34. The number of carboxylic acid groups (broad SMARTS) is 1. The molecule has 2 heterocycles. The molecule has 7 heteroatoms. The Labute approximate surface area is 210 Å². The number of hydrogen-bond donors (Lipinski definition) is 2. The zero-order valence-electron chi connectivity index (χ0n) is 19.7. The minimum Gasteiger partial charge on any atom is -0.497 e. The maximum Gasteiger partial charge on any atom is 0.308 e. The first-order valence-corrected chi connectivity index (χ1v) is 12.1. The second-order valence-electron chi connectivity index (χ2n) is 8.92. The fraction of sp³-hybridized carbons (Fsp3) is 0.357. The highest BCUT2D eigenvalue weighted by Crippen LogP contribution is 2.33. The van der Waals surface area contributed by atoms with Crippen LogP contribution in [-0.2, 0) is 4.79 Å². The Morgan fingerprint density at radius 3 is 2.91 bits per heavy atom. The number of pyridine rings is 1. The summed E-state index contributed by atoms with van der Waals surface area (Å²) in [4.78, 5) is 18.5. The van der Waals surface area contributed by atoms with Crippen LogP contribution < -0.4 is 4.74 Å². The quantitative estimate of drug-likeness (QED) is 0.462. The minimum absolute atomic E-state index is 0.00178. The fourth-order valence-corrected chi connectivity index (χ4v) is 4.94. The largest absolute Gasteiger partial charge is 0.497 e. The molecule has 0 unspecified atom stereocenters. The molecule has 0 bridgehead atoms. The van der Waals surface area contributed by atoms with E-state index in [1.54, 1.807) is 19.4 Å². The van der Waals surface area contributed by atoms with Crippen molar-refractivity contribution in [3.8, 4) is 17.6 Å². The molecule has 1 aliphatic rings. The Morgan fingerprint density at radius 2 is 2.14 bits per heavy atom. The molecule has 3 atom stereocenters. The first kappa shape index (κ1) is 25.0. The third kappa shape index (κ3) is 6.32. The van der Waals surface area contributed by atoms with E-state index in [9.17, 15) is 15.0 Å². The molecular weight excluding hydrogens is 464 g/mol. The molecule has 0 amide bonds. The van der Waals surface area contributed by atoms with Crippen molar-refractivity contribution in [1.82, 2.24) is 9.88 Å². The van der Waals surface area contributed by atoms with Crippen LogP contribution in [0.4, 0.5) is 0 Å². The second kappa shape index (κ2) is 11.5. The highest BCUT2D eigenvalue weighted by atomic mass is 35.5. The summed E-state index contributed by atoms with van der Waals surface area (Å²) < 4.78 is 5.33. The van der Waals surface area contributed by atoms with Gasteiger partial charge in [-0.15, -0.1) is 0 Å². The van der Waals surface area contributed by atoms with Crippen molar-refractivity contribution in [3.05, 3.63) is 70.9 Å². The lowest BCUT2D eigenvalue weighted by atomic mass is 9.81. The first-order valence-electron chi connectivity index (χ1n) is 11.7. The number of piperidine rings is 1. The van der Waals surface area contributed by atoms with Crippen molar-refractivity contribution in [2.45, 2.75) is 25.4 Å². The highest BCUT2D eigenvalue weighted by molar-refractivity contribution is 6.30. The van der Waals surface area contributed by atoms with E-state index >= 15 is 0 Å². The van der Waals surface area contributed by atoms with Gasteiger partial charge in [0.15, 0.2) is 0 Å². The molecule has 1 aromatic heterocycles. The van der Waals surface area contributed by atoms with Gasteiger partial charge in [-0.05, 0) is 79.8 Å². The van der Waals surface area contributed by atoms with Gasteiger partial charge in [0.05, 0.1) is 31.2 Å². The number of likely N-dealkylation sites (tertiary alicyclic amines) is 1. The maximum absolute atomic E-state index is 12.0. The van der Waals surface area contributed by atoms with Gasteiger partial charge in [-0.2, -0.15) is 0 Å².